The molecule has 30 heavy (non-hydrogen) atoms. The molecule has 2 aromatic rings. The largest absolute Gasteiger partial charge is 0.482 e. The van der Waals surface area contributed by atoms with E-state index in [-0.39, 0.29) is 42.8 Å². The van der Waals surface area contributed by atoms with E-state index in [1.165, 1.54) is 16.4 Å². The number of piperazine rings is 1. The highest BCUT2D eigenvalue weighted by Crippen LogP contribution is 2.31. The highest BCUT2D eigenvalue weighted by atomic mass is 79.9. The molecular formula is C20H20BrN3O5S. The Hall–Kier alpha value is -2.43. The molecule has 1 N–H and O–H groups in total. The van der Waals surface area contributed by atoms with Crippen molar-refractivity contribution in [2.45, 2.75) is 11.3 Å². The molecule has 2 aliphatic heterocycles. The fourth-order valence-electron chi connectivity index (χ4n) is 3.44. The van der Waals surface area contributed by atoms with Crippen molar-refractivity contribution in [1.82, 2.24) is 9.21 Å². The second-order valence-corrected chi connectivity index (χ2v) is 9.94. The van der Waals surface area contributed by atoms with E-state index in [9.17, 15) is 18.0 Å². The fourth-order valence-corrected chi connectivity index (χ4v) is 5.15. The van der Waals surface area contributed by atoms with E-state index >= 15 is 0 Å². The van der Waals surface area contributed by atoms with Gasteiger partial charge in [-0.05, 0) is 35.9 Å². The Balaban J connectivity index is 1.40. The highest BCUT2D eigenvalue weighted by molar-refractivity contribution is 9.10. The molecule has 2 aromatic carbocycles. The number of rotatable bonds is 4. The van der Waals surface area contributed by atoms with E-state index in [4.69, 9.17) is 4.74 Å². The van der Waals surface area contributed by atoms with E-state index in [1.807, 2.05) is 24.3 Å². The summed E-state index contributed by atoms with van der Waals surface area (Å²) in [6, 6.07) is 12.0. The fraction of sp³-hybridized carbons (Fsp3) is 0.300. The van der Waals surface area contributed by atoms with Crippen LogP contribution >= 0.6 is 15.9 Å². The van der Waals surface area contributed by atoms with E-state index in [0.29, 0.717) is 24.5 Å². The number of hydrogen-bond donors (Lipinski definition) is 1. The monoisotopic (exact) mass is 493 g/mol. The molecule has 0 bridgehead atoms. The maximum atomic E-state index is 13.0. The molecule has 0 radical (unpaired) electrons. The summed E-state index contributed by atoms with van der Waals surface area (Å²) < 4.78 is 33.6. The second kappa shape index (κ2) is 8.37. The quantitative estimate of drug-likeness (QED) is 0.700. The minimum Gasteiger partial charge on any atom is -0.482 e. The first-order valence-corrected chi connectivity index (χ1v) is 11.7. The molecule has 0 spiro atoms. The van der Waals surface area contributed by atoms with Crippen LogP contribution in [0.1, 0.15) is 5.56 Å². The lowest BCUT2D eigenvalue weighted by atomic mass is 10.1. The van der Waals surface area contributed by atoms with E-state index in [1.54, 1.807) is 11.0 Å². The minimum absolute atomic E-state index is 0.0250. The van der Waals surface area contributed by atoms with Crippen molar-refractivity contribution in [2.75, 3.05) is 38.1 Å². The molecule has 0 saturated carbocycles. The number of carbonyl (C=O) groups excluding carboxylic acids is 2. The summed E-state index contributed by atoms with van der Waals surface area (Å²) in [5.41, 5.74) is 1.26. The molecule has 2 aliphatic rings. The van der Waals surface area contributed by atoms with E-state index < -0.39 is 10.0 Å². The van der Waals surface area contributed by atoms with Crippen LogP contribution in [0.2, 0.25) is 0 Å². The van der Waals surface area contributed by atoms with Gasteiger partial charge in [0.25, 0.3) is 5.91 Å². The molecule has 2 amide bonds. The van der Waals surface area contributed by atoms with Gasteiger partial charge in [0.2, 0.25) is 15.9 Å². The lowest BCUT2D eigenvalue weighted by molar-refractivity contribution is -0.131. The summed E-state index contributed by atoms with van der Waals surface area (Å²) in [6.07, 6.45) is 0.282. The number of halogens is 1. The van der Waals surface area contributed by atoms with Crippen molar-refractivity contribution >= 4 is 43.5 Å². The summed E-state index contributed by atoms with van der Waals surface area (Å²) in [5, 5.41) is 2.62. The molecule has 1 saturated heterocycles. The molecule has 10 heteroatoms. The van der Waals surface area contributed by atoms with E-state index in [0.717, 1.165) is 10.0 Å². The Bertz CT molecular complexity index is 1080. The number of amides is 2. The summed E-state index contributed by atoms with van der Waals surface area (Å²) in [4.78, 5) is 25.8. The smallest absolute Gasteiger partial charge is 0.262 e. The molecule has 4 rings (SSSR count). The number of ether oxygens (including phenoxy) is 1. The maximum Gasteiger partial charge on any atom is 0.262 e. The van der Waals surface area contributed by atoms with Gasteiger partial charge in [0.05, 0.1) is 17.0 Å². The van der Waals surface area contributed by atoms with Gasteiger partial charge in [0, 0.05) is 30.7 Å². The van der Waals surface area contributed by atoms with Crippen molar-refractivity contribution < 1.29 is 22.7 Å². The molecular weight excluding hydrogens is 474 g/mol. The van der Waals surface area contributed by atoms with Gasteiger partial charge in [-0.15, -0.1) is 0 Å². The van der Waals surface area contributed by atoms with Gasteiger partial charge < -0.3 is 15.0 Å². The number of anilines is 1. The molecule has 0 unspecified atom stereocenters. The first-order valence-electron chi connectivity index (χ1n) is 9.42. The van der Waals surface area contributed by atoms with Crippen LogP contribution in [0.5, 0.6) is 5.75 Å². The van der Waals surface area contributed by atoms with Crippen LogP contribution in [-0.4, -0.2) is 62.2 Å². The Labute approximate surface area is 183 Å². The third kappa shape index (κ3) is 4.35. The van der Waals surface area contributed by atoms with Crippen LogP contribution < -0.4 is 10.1 Å². The average Bonchev–Trinajstić information content (AvgIpc) is 2.75. The van der Waals surface area contributed by atoms with Crippen LogP contribution in [0.25, 0.3) is 0 Å². The number of nitrogens with one attached hydrogen (secondary N) is 1. The van der Waals surface area contributed by atoms with Crippen molar-refractivity contribution in [3.05, 3.63) is 52.5 Å². The molecule has 8 nitrogen and oxygen atoms in total. The number of nitrogens with zero attached hydrogens (tertiary/aromatic N) is 2. The normalized spacial score (nSPS) is 17.1. The number of sulfonamides is 1. The highest BCUT2D eigenvalue weighted by Gasteiger charge is 2.31. The van der Waals surface area contributed by atoms with Crippen molar-refractivity contribution in [3.8, 4) is 5.75 Å². The molecule has 2 heterocycles. The predicted molar refractivity (Wildman–Crippen MR) is 114 cm³/mol. The van der Waals surface area contributed by atoms with Crippen LogP contribution in [-0.2, 0) is 26.0 Å². The van der Waals surface area contributed by atoms with Gasteiger partial charge in [-0.25, -0.2) is 8.42 Å². The first-order chi connectivity index (χ1) is 14.3. The molecule has 1 fully saturated rings. The first kappa shape index (κ1) is 20.8. The van der Waals surface area contributed by atoms with Crippen molar-refractivity contribution in [2.24, 2.45) is 0 Å². The van der Waals surface area contributed by atoms with Crippen molar-refractivity contribution in [1.29, 1.82) is 0 Å². The van der Waals surface area contributed by atoms with Gasteiger partial charge in [-0.2, -0.15) is 4.31 Å². The van der Waals surface area contributed by atoms with Gasteiger partial charge in [0.1, 0.15) is 5.75 Å². The second-order valence-electron chi connectivity index (χ2n) is 7.08. The third-order valence-corrected chi connectivity index (χ3v) is 7.50. The summed E-state index contributed by atoms with van der Waals surface area (Å²) in [7, 11) is -3.74. The number of hydrogen-bond acceptors (Lipinski definition) is 5. The van der Waals surface area contributed by atoms with Gasteiger partial charge in [0.15, 0.2) is 6.61 Å². The van der Waals surface area contributed by atoms with Gasteiger partial charge in [-0.1, -0.05) is 28.1 Å². The summed E-state index contributed by atoms with van der Waals surface area (Å²) in [6.45, 7) is 1.01. The topological polar surface area (TPSA) is 96.0 Å². The summed E-state index contributed by atoms with van der Waals surface area (Å²) >= 11 is 3.37. The SMILES string of the molecule is O=C1COc2ccc(S(=O)(=O)N3CCN(C(=O)Cc4ccc(Br)cc4)CC3)cc2N1. The number of fused-ring (bicyclic) bond motifs is 1. The Kier molecular flexibility index (Phi) is 5.81. The summed E-state index contributed by atoms with van der Waals surface area (Å²) in [5.74, 6) is 0.0925. The van der Waals surface area contributed by atoms with Crippen LogP contribution in [0.4, 0.5) is 5.69 Å². The molecule has 0 atom stereocenters. The number of carbonyl (C=O) groups is 2. The predicted octanol–water partition coefficient (Wildman–Crippen LogP) is 1.86. The maximum absolute atomic E-state index is 13.0. The van der Waals surface area contributed by atoms with Crippen molar-refractivity contribution in [3.63, 3.8) is 0 Å². The van der Waals surface area contributed by atoms with Gasteiger partial charge >= 0.3 is 0 Å². The Morgan fingerprint density at radius 3 is 2.47 bits per heavy atom. The van der Waals surface area contributed by atoms with Crippen LogP contribution in [0.15, 0.2) is 51.8 Å². The molecule has 0 aromatic heterocycles. The zero-order chi connectivity index (χ0) is 21.3. The van der Waals surface area contributed by atoms with Crippen LogP contribution in [0.3, 0.4) is 0 Å². The third-order valence-electron chi connectivity index (χ3n) is 5.08. The Morgan fingerprint density at radius 2 is 1.77 bits per heavy atom. The number of benzene rings is 2. The Morgan fingerprint density at radius 1 is 1.07 bits per heavy atom. The zero-order valence-electron chi connectivity index (χ0n) is 16.0. The standard InChI is InChI=1S/C20H20BrN3O5S/c21-15-3-1-14(2-4-15)11-20(26)23-7-9-24(10-8-23)30(27,28)16-5-6-18-17(12-16)22-19(25)13-29-18/h1-6,12H,7-11,13H2,(H,22,25). The lowest BCUT2D eigenvalue weighted by Gasteiger charge is -2.34. The zero-order valence-corrected chi connectivity index (χ0v) is 18.4. The molecule has 158 valence electrons. The van der Waals surface area contributed by atoms with Crippen LogP contribution in [0, 0.1) is 0 Å². The minimum atomic E-state index is -3.74. The van der Waals surface area contributed by atoms with E-state index in [2.05, 4.69) is 21.2 Å². The lowest BCUT2D eigenvalue weighted by Crippen LogP contribution is -2.50. The average molecular weight is 494 g/mol. The van der Waals surface area contributed by atoms with Gasteiger partial charge in [-0.3, -0.25) is 9.59 Å². The molecule has 0 aliphatic carbocycles.